The molecule has 5 aromatic carbocycles. The van der Waals surface area contributed by atoms with Crippen LogP contribution in [0.15, 0.2) is 138 Å². The lowest BCUT2D eigenvalue weighted by molar-refractivity contribution is -0.115. The lowest BCUT2D eigenvalue weighted by Gasteiger charge is -2.14. The van der Waals surface area contributed by atoms with Crippen molar-refractivity contribution < 1.29 is 19.1 Å². The summed E-state index contributed by atoms with van der Waals surface area (Å²) in [5.41, 5.74) is 4.37. The van der Waals surface area contributed by atoms with Gasteiger partial charge in [0, 0.05) is 26.9 Å². The molecule has 0 aliphatic heterocycles. The summed E-state index contributed by atoms with van der Waals surface area (Å²) >= 11 is 7.48. The van der Waals surface area contributed by atoms with E-state index in [0.717, 1.165) is 16.0 Å². The number of ether oxygens (including phenoxy) is 1. The molecule has 0 aliphatic carbocycles. The van der Waals surface area contributed by atoms with Crippen LogP contribution in [0.3, 0.4) is 0 Å². The van der Waals surface area contributed by atoms with Crippen LogP contribution in [0.4, 0.5) is 11.4 Å². The Hall–Kier alpha value is -5.31. The fourth-order valence-electron chi connectivity index (χ4n) is 4.55. The van der Waals surface area contributed by atoms with Crippen LogP contribution in [0.1, 0.15) is 34.0 Å². The molecular weight excluding hydrogens is 642 g/mol. The molecule has 0 bridgehead atoms. The molecule has 3 amide bonds. The van der Waals surface area contributed by atoms with Gasteiger partial charge in [-0.1, -0.05) is 78.3 Å². The maximum absolute atomic E-state index is 13.5. The Morgan fingerprint density at radius 3 is 2.17 bits per heavy atom. The Labute approximate surface area is 289 Å². The first-order valence-corrected chi connectivity index (χ1v) is 16.5. The van der Waals surface area contributed by atoms with Crippen LogP contribution in [0.5, 0.6) is 5.75 Å². The smallest absolute Gasteiger partial charge is 0.272 e. The second-order valence-corrected chi connectivity index (χ2v) is 12.8. The van der Waals surface area contributed by atoms with Crippen molar-refractivity contribution in [3.63, 3.8) is 0 Å². The van der Waals surface area contributed by atoms with Gasteiger partial charge in [0.15, 0.2) is 0 Å². The average Bonchev–Trinajstić information content (AvgIpc) is 3.10. The molecule has 0 radical (unpaired) electrons. The van der Waals surface area contributed by atoms with Gasteiger partial charge in [-0.3, -0.25) is 14.4 Å². The SMILES string of the molecule is Cc1ccc(Cl)cc1NC(=O)C(C)Sc1ccc(NC(=O)/C(=C/c2ccc(OCc3ccccc3)cc2)NC(=O)c2ccccc2)cc1. The van der Waals surface area contributed by atoms with Crippen LogP contribution in [0.2, 0.25) is 5.02 Å². The largest absolute Gasteiger partial charge is 0.489 e. The second-order valence-electron chi connectivity index (χ2n) is 10.9. The van der Waals surface area contributed by atoms with Crippen LogP contribution in [0, 0.1) is 6.92 Å². The van der Waals surface area contributed by atoms with Gasteiger partial charge < -0.3 is 20.7 Å². The van der Waals surface area contributed by atoms with Crippen molar-refractivity contribution >= 4 is 58.5 Å². The monoisotopic (exact) mass is 675 g/mol. The van der Waals surface area contributed by atoms with Crippen LogP contribution in [-0.4, -0.2) is 23.0 Å². The highest BCUT2D eigenvalue weighted by Gasteiger charge is 2.17. The summed E-state index contributed by atoms with van der Waals surface area (Å²) in [4.78, 5) is 40.2. The van der Waals surface area contributed by atoms with E-state index >= 15 is 0 Å². The topological polar surface area (TPSA) is 96.5 Å². The van der Waals surface area contributed by atoms with Gasteiger partial charge in [-0.15, -0.1) is 11.8 Å². The van der Waals surface area contributed by atoms with E-state index in [4.69, 9.17) is 16.3 Å². The first kappa shape index (κ1) is 34.0. The van der Waals surface area contributed by atoms with Crippen LogP contribution < -0.4 is 20.7 Å². The molecule has 48 heavy (non-hydrogen) atoms. The predicted octanol–water partition coefficient (Wildman–Crippen LogP) is 8.76. The van der Waals surface area contributed by atoms with Gasteiger partial charge in [-0.05, 0) is 97.3 Å². The predicted molar refractivity (Wildman–Crippen MR) is 194 cm³/mol. The van der Waals surface area contributed by atoms with Gasteiger partial charge in [-0.2, -0.15) is 0 Å². The standard InChI is InChI=1S/C39H34ClN3O4S/c1-26-13-16-31(40)24-35(26)42-37(44)27(2)48-34-21-17-32(18-22-34)41-39(46)36(43-38(45)30-11-7-4-8-12-30)23-28-14-19-33(20-15-28)47-25-29-9-5-3-6-10-29/h3-24,27H,25H2,1-2H3,(H,41,46)(H,42,44)(H,43,45)/b36-23-. The summed E-state index contributed by atoms with van der Waals surface area (Å²) in [5.74, 6) is -0.373. The molecule has 0 aromatic heterocycles. The van der Waals surface area contributed by atoms with Crippen molar-refractivity contribution in [2.45, 2.75) is 30.6 Å². The summed E-state index contributed by atoms with van der Waals surface area (Å²) in [6.45, 7) is 4.16. The molecule has 242 valence electrons. The zero-order valence-corrected chi connectivity index (χ0v) is 28.0. The highest BCUT2D eigenvalue weighted by molar-refractivity contribution is 8.00. The molecule has 0 spiro atoms. The zero-order valence-electron chi connectivity index (χ0n) is 26.4. The number of carbonyl (C=O) groups is 3. The third kappa shape index (κ3) is 9.84. The second kappa shape index (κ2) is 16.5. The number of carbonyl (C=O) groups excluding carboxylic acids is 3. The molecular formula is C39H34ClN3O4S. The molecule has 1 unspecified atom stereocenters. The van der Waals surface area contributed by atoms with E-state index in [1.54, 1.807) is 54.6 Å². The van der Waals surface area contributed by atoms with E-state index in [2.05, 4.69) is 16.0 Å². The Morgan fingerprint density at radius 1 is 0.812 bits per heavy atom. The van der Waals surface area contributed by atoms with Gasteiger partial charge in [0.05, 0.1) is 5.25 Å². The number of nitrogens with one attached hydrogen (secondary N) is 3. The highest BCUT2D eigenvalue weighted by atomic mass is 35.5. The number of halogens is 1. The van der Waals surface area contributed by atoms with Crippen molar-refractivity contribution in [1.29, 1.82) is 0 Å². The quantitative estimate of drug-likeness (QED) is 0.0908. The molecule has 1 atom stereocenters. The molecule has 3 N–H and O–H groups in total. The number of benzene rings is 5. The summed E-state index contributed by atoms with van der Waals surface area (Å²) in [5, 5.41) is 8.73. The molecule has 0 heterocycles. The van der Waals surface area contributed by atoms with Crippen molar-refractivity contribution in [2.75, 3.05) is 10.6 Å². The maximum Gasteiger partial charge on any atom is 0.272 e. The lowest BCUT2D eigenvalue weighted by Crippen LogP contribution is -2.30. The summed E-state index contributed by atoms with van der Waals surface area (Å²) in [7, 11) is 0. The number of aryl methyl sites for hydroxylation is 1. The Kier molecular flexibility index (Phi) is 11.7. The fraction of sp³-hybridized carbons (Fsp3) is 0.103. The summed E-state index contributed by atoms with van der Waals surface area (Å²) < 4.78 is 5.88. The molecule has 0 saturated heterocycles. The van der Waals surface area contributed by atoms with Crippen molar-refractivity contribution in [3.05, 3.63) is 160 Å². The third-order valence-corrected chi connectivity index (χ3v) is 8.57. The molecule has 9 heteroatoms. The number of hydrogen-bond donors (Lipinski definition) is 3. The van der Waals surface area contributed by atoms with Gasteiger partial charge in [0.25, 0.3) is 11.8 Å². The molecule has 5 rings (SSSR count). The van der Waals surface area contributed by atoms with Crippen LogP contribution in [-0.2, 0) is 16.2 Å². The highest BCUT2D eigenvalue weighted by Crippen LogP contribution is 2.27. The first-order chi connectivity index (χ1) is 23.2. The number of anilines is 2. The Morgan fingerprint density at radius 2 is 1.48 bits per heavy atom. The average molecular weight is 676 g/mol. The van der Waals surface area contributed by atoms with E-state index < -0.39 is 11.8 Å². The van der Waals surface area contributed by atoms with E-state index in [0.29, 0.717) is 39.9 Å². The van der Waals surface area contributed by atoms with E-state index in [-0.39, 0.29) is 16.9 Å². The first-order valence-electron chi connectivity index (χ1n) is 15.2. The van der Waals surface area contributed by atoms with Gasteiger partial charge >= 0.3 is 0 Å². The minimum Gasteiger partial charge on any atom is -0.489 e. The van der Waals surface area contributed by atoms with Crippen LogP contribution >= 0.6 is 23.4 Å². The van der Waals surface area contributed by atoms with Crippen molar-refractivity contribution in [1.82, 2.24) is 5.32 Å². The Balaban J connectivity index is 1.25. The molecule has 0 fully saturated rings. The van der Waals surface area contributed by atoms with Gasteiger partial charge in [0.2, 0.25) is 5.91 Å². The maximum atomic E-state index is 13.5. The minimum absolute atomic E-state index is 0.0712. The van der Waals surface area contributed by atoms with Crippen LogP contribution in [0.25, 0.3) is 6.08 Å². The van der Waals surface area contributed by atoms with Gasteiger partial charge in [-0.25, -0.2) is 0 Å². The third-order valence-electron chi connectivity index (χ3n) is 7.22. The normalized spacial score (nSPS) is 11.7. The molecule has 5 aromatic rings. The van der Waals surface area contributed by atoms with Crippen molar-refractivity contribution in [2.24, 2.45) is 0 Å². The minimum atomic E-state index is -0.492. The number of hydrogen-bond acceptors (Lipinski definition) is 5. The number of amides is 3. The summed E-state index contributed by atoms with van der Waals surface area (Å²) in [6.07, 6.45) is 1.61. The molecule has 0 aliphatic rings. The molecule has 7 nitrogen and oxygen atoms in total. The number of thioether (sulfide) groups is 1. The Bertz CT molecular complexity index is 1900. The van der Waals surface area contributed by atoms with E-state index in [9.17, 15) is 14.4 Å². The van der Waals surface area contributed by atoms with Crippen molar-refractivity contribution in [3.8, 4) is 5.75 Å². The summed E-state index contributed by atoms with van der Waals surface area (Å²) in [6, 6.07) is 38.3. The number of rotatable bonds is 12. The van der Waals surface area contributed by atoms with E-state index in [1.165, 1.54) is 11.8 Å². The fourth-order valence-corrected chi connectivity index (χ4v) is 5.59. The zero-order chi connectivity index (χ0) is 33.9. The molecule has 0 saturated carbocycles. The van der Waals surface area contributed by atoms with Gasteiger partial charge in [0.1, 0.15) is 18.1 Å². The lowest BCUT2D eigenvalue weighted by atomic mass is 10.1. The van der Waals surface area contributed by atoms with E-state index in [1.807, 2.05) is 92.7 Å².